The van der Waals surface area contributed by atoms with E-state index in [9.17, 15) is 29.1 Å². The van der Waals surface area contributed by atoms with Crippen molar-refractivity contribution in [2.24, 2.45) is 27.9 Å². The summed E-state index contributed by atoms with van der Waals surface area (Å²) in [6.07, 6.45) is 7.61. The van der Waals surface area contributed by atoms with Crippen molar-refractivity contribution in [1.82, 2.24) is 25.8 Å². The second-order valence-electron chi connectivity index (χ2n) is 17.7. The van der Waals surface area contributed by atoms with Crippen LogP contribution < -0.4 is 27.0 Å². The number of carbonyl (C=O) groups is 5. The van der Waals surface area contributed by atoms with Crippen LogP contribution in [0.5, 0.6) is 0 Å². The Morgan fingerprint density at radius 2 is 1.62 bits per heavy atom. The maximum absolute atomic E-state index is 14.8. The fourth-order valence-corrected chi connectivity index (χ4v) is 6.91. The molecular formula is C39H65N7O6. The van der Waals surface area contributed by atoms with Crippen molar-refractivity contribution in [3.8, 4) is 0 Å². The number of hydrogen-bond acceptors (Lipinski definition) is 8. The van der Waals surface area contributed by atoms with Crippen molar-refractivity contribution in [2.75, 3.05) is 18.4 Å². The zero-order valence-electron chi connectivity index (χ0n) is 32.9. The Morgan fingerprint density at radius 3 is 2.08 bits per heavy atom. The molecule has 2 aliphatic carbocycles. The largest absolute Gasteiger partial charge is 0.389 e. The van der Waals surface area contributed by atoms with Gasteiger partial charge < -0.3 is 37.0 Å². The zero-order chi connectivity index (χ0) is 39.1. The van der Waals surface area contributed by atoms with Gasteiger partial charge in [0.25, 0.3) is 5.91 Å². The van der Waals surface area contributed by atoms with Crippen LogP contribution in [-0.4, -0.2) is 87.4 Å². The summed E-state index contributed by atoms with van der Waals surface area (Å²) in [6.45, 7) is 17.8. The number of aliphatic hydroxyl groups is 1. The number of nitrogens with zero attached hydrogens (tertiary/aromatic N) is 2. The third-order valence-corrected chi connectivity index (χ3v) is 11.3. The standard InChI is InChI=1S/C39H65N7O6/c1-10-27(33(49)43-26(30(47)32(40)48)23-25-15-13-16-25)46(22-20-38(8,9)39(52)18-14-19-39)34(50)31(37(5,6)7)45-35(51)44-28(36(2,3)4)24-42-29-17-11-12-21-41-29/h11-12,17,21,25-28,31,52H,10,13-16,18-20,22-24H2,1-9H3,(H2,40,48)(H,41,42)(H,43,49)(H2,44,45,51)/t26?,27-,28?,31+/m0/s1. The van der Waals surface area contributed by atoms with Gasteiger partial charge in [-0.25, -0.2) is 9.78 Å². The lowest BCUT2D eigenvalue weighted by Crippen LogP contribution is -2.63. The van der Waals surface area contributed by atoms with Gasteiger partial charge in [-0.2, -0.15) is 0 Å². The van der Waals surface area contributed by atoms with Crippen LogP contribution in [0.2, 0.25) is 0 Å². The Hall–Kier alpha value is -3.74. The molecule has 0 radical (unpaired) electrons. The highest BCUT2D eigenvalue weighted by atomic mass is 16.3. The van der Waals surface area contributed by atoms with Gasteiger partial charge in [0.1, 0.15) is 17.9 Å². The van der Waals surface area contributed by atoms with Crippen molar-refractivity contribution in [2.45, 2.75) is 150 Å². The molecule has 3 rings (SSSR count). The molecule has 0 spiro atoms. The first kappa shape index (κ1) is 42.7. The third-order valence-electron chi connectivity index (χ3n) is 11.3. The first-order valence-electron chi connectivity index (χ1n) is 19.0. The summed E-state index contributed by atoms with van der Waals surface area (Å²) in [6, 6.07) is 1.48. The lowest BCUT2D eigenvalue weighted by molar-refractivity contribution is -0.149. The highest BCUT2D eigenvalue weighted by Crippen LogP contribution is 2.48. The first-order valence-corrected chi connectivity index (χ1v) is 19.0. The summed E-state index contributed by atoms with van der Waals surface area (Å²) in [5, 5.41) is 23.4. The summed E-state index contributed by atoms with van der Waals surface area (Å²) >= 11 is 0. The number of carbonyl (C=O) groups excluding carboxylic acids is 5. The molecule has 1 aromatic rings. The van der Waals surface area contributed by atoms with E-state index in [0.717, 1.165) is 25.7 Å². The minimum atomic E-state index is -1.12. The Morgan fingerprint density at radius 1 is 0.962 bits per heavy atom. The molecule has 0 aromatic carbocycles. The molecule has 0 saturated heterocycles. The second-order valence-corrected chi connectivity index (χ2v) is 17.7. The number of aromatic nitrogens is 1. The second kappa shape index (κ2) is 17.4. The smallest absolute Gasteiger partial charge is 0.315 e. The molecule has 2 fully saturated rings. The van der Waals surface area contributed by atoms with Crippen molar-refractivity contribution >= 4 is 35.4 Å². The van der Waals surface area contributed by atoms with E-state index in [-0.39, 0.29) is 30.3 Å². The number of ketones is 1. The fourth-order valence-electron chi connectivity index (χ4n) is 6.91. The quantitative estimate of drug-likeness (QED) is 0.121. The predicted octanol–water partition coefficient (Wildman–Crippen LogP) is 4.29. The van der Waals surface area contributed by atoms with Gasteiger partial charge in [-0.3, -0.25) is 19.2 Å². The molecule has 13 nitrogen and oxygen atoms in total. The van der Waals surface area contributed by atoms with Crippen molar-refractivity contribution in [3.05, 3.63) is 24.4 Å². The molecule has 1 aromatic heterocycles. The Kier molecular flexibility index (Phi) is 14.3. The number of hydrogen-bond donors (Lipinski definition) is 6. The molecule has 2 saturated carbocycles. The number of amides is 5. The minimum Gasteiger partial charge on any atom is -0.389 e. The minimum absolute atomic E-state index is 0.117. The van der Waals surface area contributed by atoms with Crippen LogP contribution in [0.3, 0.4) is 0 Å². The molecule has 2 unspecified atom stereocenters. The normalized spacial score (nSPS) is 18.3. The Bertz CT molecular complexity index is 1400. The van der Waals surface area contributed by atoms with Crippen molar-refractivity contribution in [3.63, 3.8) is 0 Å². The monoisotopic (exact) mass is 727 g/mol. The average Bonchev–Trinajstić information content (AvgIpc) is 3.02. The van der Waals surface area contributed by atoms with Crippen LogP contribution in [0.1, 0.15) is 120 Å². The van der Waals surface area contributed by atoms with Crippen LogP contribution in [0.4, 0.5) is 10.6 Å². The van der Waals surface area contributed by atoms with Crippen molar-refractivity contribution < 1.29 is 29.1 Å². The summed E-state index contributed by atoms with van der Waals surface area (Å²) in [4.78, 5) is 73.3. The van der Waals surface area contributed by atoms with Crippen molar-refractivity contribution in [1.29, 1.82) is 0 Å². The van der Waals surface area contributed by atoms with E-state index in [4.69, 9.17) is 5.73 Å². The van der Waals surface area contributed by atoms with Gasteiger partial charge in [0.2, 0.25) is 17.6 Å². The number of nitrogens with one attached hydrogen (secondary N) is 4. The van der Waals surface area contributed by atoms with E-state index in [0.29, 0.717) is 38.0 Å². The van der Waals surface area contributed by atoms with Crippen LogP contribution >= 0.6 is 0 Å². The molecule has 0 aliphatic heterocycles. The van der Waals surface area contributed by atoms with E-state index < -0.39 is 64.1 Å². The molecular weight excluding hydrogens is 662 g/mol. The zero-order valence-corrected chi connectivity index (χ0v) is 32.9. The molecule has 2 aliphatic rings. The molecule has 7 N–H and O–H groups in total. The van der Waals surface area contributed by atoms with E-state index >= 15 is 0 Å². The predicted molar refractivity (Wildman–Crippen MR) is 202 cm³/mol. The van der Waals surface area contributed by atoms with E-state index in [2.05, 4.69) is 26.3 Å². The van der Waals surface area contributed by atoms with Gasteiger partial charge >= 0.3 is 6.03 Å². The van der Waals surface area contributed by atoms with Gasteiger partial charge in [-0.1, -0.05) is 87.6 Å². The number of pyridine rings is 1. The van der Waals surface area contributed by atoms with Gasteiger partial charge in [-0.15, -0.1) is 0 Å². The highest BCUT2D eigenvalue weighted by molar-refractivity contribution is 6.37. The lowest BCUT2D eigenvalue weighted by Gasteiger charge is -2.50. The molecule has 1 heterocycles. The molecule has 5 amide bonds. The third kappa shape index (κ3) is 11.1. The van der Waals surface area contributed by atoms with E-state index in [1.807, 2.05) is 73.6 Å². The van der Waals surface area contributed by atoms with Gasteiger partial charge in [0, 0.05) is 19.3 Å². The summed E-state index contributed by atoms with van der Waals surface area (Å²) < 4.78 is 0. The number of anilines is 1. The number of primary amides is 1. The van der Waals surface area contributed by atoms with Crippen LogP contribution in [0, 0.1) is 22.2 Å². The number of Topliss-reactive ketones (excluding diaryl/α,β-unsaturated/α-hetero) is 1. The molecule has 52 heavy (non-hydrogen) atoms. The van der Waals surface area contributed by atoms with E-state index in [1.54, 1.807) is 13.1 Å². The lowest BCUT2D eigenvalue weighted by atomic mass is 9.62. The Labute approximate surface area is 310 Å². The summed E-state index contributed by atoms with van der Waals surface area (Å²) in [5.74, 6) is -2.15. The van der Waals surface area contributed by atoms with Crippen LogP contribution in [-0.2, 0) is 19.2 Å². The highest BCUT2D eigenvalue weighted by Gasteiger charge is 2.49. The molecule has 13 heteroatoms. The fraction of sp³-hybridized carbons (Fsp3) is 0.744. The SMILES string of the molecule is CC[C@@H](C(=O)NC(CC1CCC1)C(=O)C(N)=O)N(CCC(C)(C)C1(O)CCC1)C(=O)[C@@H](NC(=O)NC(CNc1ccccn1)C(C)(C)C)C(C)(C)C. The molecule has 4 atom stereocenters. The van der Waals surface area contributed by atoms with E-state index in [1.165, 1.54) is 4.90 Å². The maximum Gasteiger partial charge on any atom is 0.315 e. The number of nitrogens with two attached hydrogens (primary N) is 1. The van der Waals surface area contributed by atoms with Gasteiger partial charge in [0.15, 0.2) is 0 Å². The summed E-state index contributed by atoms with van der Waals surface area (Å²) in [7, 11) is 0. The first-order chi connectivity index (χ1) is 24.1. The van der Waals surface area contributed by atoms with Gasteiger partial charge in [-0.05, 0) is 72.8 Å². The molecule has 292 valence electrons. The number of urea groups is 1. The van der Waals surface area contributed by atoms with Crippen LogP contribution in [0.15, 0.2) is 24.4 Å². The van der Waals surface area contributed by atoms with Crippen LogP contribution in [0.25, 0.3) is 0 Å². The Balaban J connectivity index is 1.90. The maximum atomic E-state index is 14.8. The molecule has 0 bridgehead atoms. The topological polar surface area (TPSA) is 196 Å². The number of rotatable bonds is 18. The summed E-state index contributed by atoms with van der Waals surface area (Å²) in [5.41, 5.74) is 2.79. The van der Waals surface area contributed by atoms with Gasteiger partial charge in [0.05, 0.1) is 17.7 Å². The average molecular weight is 728 g/mol.